The molecular weight excluding hydrogens is 374 g/mol. The van der Waals surface area contributed by atoms with E-state index in [2.05, 4.69) is 0 Å². The maximum absolute atomic E-state index is 12.7. The van der Waals surface area contributed by atoms with Crippen molar-refractivity contribution in [2.24, 2.45) is 5.73 Å². The van der Waals surface area contributed by atoms with Crippen LogP contribution in [-0.2, 0) is 9.31 Å². The molecule has 0 radical (unpaired) electrons. The Bertz CT molecular complexity index is 660. The molecule has 1 aromatic carbocycles. The lowest BCUT2D eigenvalue weighted by Gasteiger charge is -2.32. The number of hydrogen-bond donors (Lipinski definition) is 1. The molecule has 0 unspecified atom stereocenters. The van der Waals surface area contributed by atoms with Crippen LogP contribution in [0.25, 0.3) is 0 Å². The highest BCUT2D eigenvalue weighted by atomic mass is 35.5. The number of rotatable bonds is 2. The molecule has 2 aliphatic heterocycles. The number of nitrogens with two attached hydrogens (primary N) is 1. The van der Waals surface area contributed by atoms with Crippen LogP contribution in [0.5, 0.6) is 0 Å². The lowest BCUT2D eigenvalue weighted by Crippen LogP contribution is -2.43. The fraction of sp³-hybridized carbons (Fsp3) is 0.611. The van der Waals surface area contributed by atoms with E-state index in [4.69, 9.17) is 26.6 Å². The van der Waals surface area contributed by atoms with Gasteiger partial charge in [0.2, 0.25) is 0 Å². The monoisotopic (exact) mass is 400 g/mol. The van der Waals surface area contributed by atoms with Gasteiger partial charge < -0.3 is 19.9 Å². The third kappa shape index (κ3) is 4.05. The smallest absolute Gasteiger partial charge is 0.399 e. The summed E-state index contributed by atoms with van der Waals surface area (Å²) >= 11 is 6.45. The Morgan fingerprint density at radius 3 is 2.23 bits per heavy atom. The summed E-state index contributed by atoms with van der Waals surface area (Å²) in [4.78, 5) is 14.5. The Morgan fingerprint density at radius 1 is 1.19 bits per heavy atom. The molecule has 2 fully saturated rings. The molecule has 0 spiro atoms. The van der Waals surface area contributed by atoms with Crippen LogP contribution >= 0.6 is 24.0 Å². The zero-order valence-electron chi connectivity index (χ0n) is 15.8. The molecule has 8 heteroatoms. The zero-order valence-corrected chi connectivity index (χ0v) is 17.3. The summed E-state index contributed by atoms with van der Waals surface area (Å²) in [5.74, 6) is -0.00531. The van der Waals surface area contributed by atoms with Gasteiger partial charge >= 0.3 is 7.12 Å². The van der Waals surface area contributed by atoms with Gasteiger partial charge in [-0.05, 0) is 52.7 Å². The third-order valence-corrected chi connectivity index (χ3v) is 5.91. The molecule has 0 bridgehead atoms. The van der Waals surface area contributed by atoms with Crippen molar-refractivity contribution in [2.45, 2.75) is 57.8 Å². The highest BCUT2D eigenvalue weighted by Crippen LogP contribution is 2.37. The number of halogens is 2. The van der Waals surface area contributed by atoms with Crippen molar-refractivity contribution in [3.8, 4) is 0 Å². The normalized spacial score (nSPS) is 22.2. The Balaban J connectivity index is 0.00000243. The molecule has 2 N–H and O–H groups in total. The van der Waals surface area contributed by atoms with Gasteiger partial charge in [0.1, 0.15) is 0 Å². The minimum Gasteiger partial charge on any atom is -0.399 e. The molecule has 2 saturated heterocycles. The topological polar surface area (TPSA) is 64.8 Å². The fourth-order valence-electron chi connectivity index (χ4n) is 3.11. The second-order valence-electron chi connectivity index (χ2n) is 7.95. The Kier molecular flexibility index (Phi) is 6.36. The van der Waals surface area contributed by atoms with E-state index < -0.39 is 18.3 Å². The van der Waals surface area contributed by atoms with Gasteiger partial charge in [-0.2, -0.15) is 0 Å². The first-order chi connectivity index (χ1) is 11.6. The van der Waals surface area contributed by atoms with Crippen molar-refractivity contribution < 1.29 is 14.1 Å². The lowest BCUT2D eigenvalue weighted by atomic mass is 9.78. The molecule has 0 saturated carbocycles. The maximum Gasteiger partial charge on any atom is 0.496 e. The van der Waals surface area contributed by atoms with E-state index in [0.717, 1.165) is 18.3 Å². The van der Waals surface area contributed by atoms with Gasteiger partial charge in [-0.15, -0.1) is 12.4 Å². The molecule has 0 atom stereocenters. The van der Waals surface area contributed by atoms with Gasteiger partial charge in [0.15, 0.2) is 0 Å². The highest BCUT2D eigenvalue weighted by Gasteiger charge is 2.52. The largest absolute Gasteiger partial charge is 0.496 e. The Morgan fingerprint density at radius 2 is 1.73 bits per heavy atom. The molecule has 1 aromatic rings. The van der Waals surface area contributed by atoms with Crippen LogP contribution in [0.15, 0.2) is 18.2 Å². The minimum atomic E-state index is -0.533. The Labute approximate surface area is 167 Å². The average Bonchev–Trinajstić information content (AvgIpc) is 2.75. The van der Waals surface area contributed by atoms with E-state index in [1.54, 1.807) is 12.1 Å². The summed E-state index contributed by atoms with van der Waals surface area (Å²) in [6.07, 6.45) is 1.68. The second-order valence-corrected chi connectivity index (χ2v) is 8.36. The molecule has 0 aromatic heterocycles. The molecule has 5 nitrogen and oxygen atoms in total. The molecule has 26 heavy (non-hydrogen) atoms. The zero-order chi connectivity index (χ0) is 18.4. The molecular formula is C18H27BCl2N2O3. The van der Waals surface area contributed by atoms with Crippen LogP contribution in [0.2, 0.25) is 5.02 Å². The van der Waals surface area contributed by atoms with E-state index in [-0.39, 0.29) is 24.4 Å². The summed E-state index contributed by atoms with van der Waals surface area (Å²) < 4.78 is 12.1. The van der Waals surface area contributed by atoms with Crippen LogP contribution in [-0.4, -0.2) is 48.3 Å². The van der Waals surface area contributed by atoms with Crippen LogP contribution < -0.4 is 11.2 Å². The van der Waals surface area contributed by atoms with Crippen LogP contribution in [0.3, 0.4) is 0 Å². The van der Waals surface area contributed by atoms with Crippen molar-refractivity contribution in [1.82, 2.24) is 4.90 Å². The molecule has 1 amide bonds. The molecule has 2 aliphatic rings. The molecule has 3 rings (SSSR count). The number of nitrogens with zero attached hydrogens (tertiary/aromatic N) is 1. The Hall–Kier alpha value is -0.785. The van der Waals surface area contributed by atoms with Gasteiger partial charge in [0, 0.05) is 35.2 Å². The third-order valence-electron chi connectivity index (χ3n) is 5.58. The van der Waals surface area contributed by atoms with Crippen LogP contribution in [0.1, 0.15) is 50.9 Å². The number of amides is 1. The average molecular weight is 401 g/mol. The molecule has 144 valence electrons. The molecule has 0 aliphatic carbocycles. The van der Waals surface area contributed by atoms with Crippen molar-refractivity contribution in [2.75, 3.05) is 13.1 Å². The first-order valence-corrected chi connectivity index (χ1v) is 9.18. The standard InChI is InChI=1S/C18H26BClN2O3.ClH/c1-17(2)18(3,4)25-19(24-17)14-6-5-12(11-15(14)20)16(23)22-9-7-13(21)8-10-22;/h5-6,11,13H,7-10,21H2,1-4H3;1H. The lowest BCUT2D eigenvalue weighted by molar-refractivity contribution is 0.00578. The van der Waals surface area contributed by atoms with Gasteiger partial charge in [-0.3, -0.25) is 4.79 Å². The second kappa shape index (κ2) is 7.68. The van der Waals surface area contributed by atoms with Gasteiger partial charge in [-0.1, -0.05) is 17.7 Å². The van der Waals surface area contributed by atoms with Crippen molar-refractivity contribution in [3.63, 3.8) is 0 Å². The number of carbonyl (C=O) groups is 1. The van der Waals surface area contributed by atoms with Gasteiger partial charge in [0.05, 0.1) is 11.2 Å². The van der Waals surface area contributed by atoms with Gasteiger partial charge in [-0.25, -0.2) is 0 Å². The van der Waals surface area contributed by atoms with E-state index >= 15 is 0 Å². The first-order valence-electron chi connectivity index (χ1n) is 8.81. The SMILES string of the molecule is CC1(C)OB(c2ccc(C(=O)N3CCC(N)CC3)cc2Cl)OC1(C)C.Cl. The predicted molar refractivity (Wildman–Crippen MR) is 108 cm³/mol. The van der Waals surface area contributed by atoms with Crippen molar-refractivity contribution in [3.05, 3.63) is 28.8 Å². The number of likely N-dealkylation sites (tertiary alicyclic amines) is 1. The fourth-order valence-corrected chi connectivity index (χ4v) is 3.38. The van der Waals surface area contributed by atoms with Crippen LogP contribution in [0, 0.1) is 0 Å². The quantitative estimate of drug-likeness (QED) is 0.775. The summed E-state index contributed by atoms with van der Waals surface area (Å²) in [5, 5.41) is 0.484. The van der Waals surface area contributed by atoms with Gasteiger partial charge in [0.25, 0.3) is 5.91 Å². The molecule has 2 heterocycles. The van der Waals surface area contributed by atoms with E-state index in [9.17, 15) is 4.79 Å². The van der Waals surface area contributed by atoms with Crippen LogP contribution in [0.4, 0.5) is 0 Å². The van der Waals surface area contributed by atoms with Crippen molar-refractivity contribution in [1.29, 1.82) is 0 Å². The summed E-state index contributed by atoms with van der Waals surface area (Å²) in [5.41, 5.74) is 6.38. The van der Waals surface area contributed by atoms with E-state index in [1.165, 1.54) is 0 Å². The number of piperidine rings is 1. The minimum absolute atomic E-state index is 0. The van der Waals surface area contributed by atoms with E-state index in [0.29, 0.717) is 23.7 Å². The number of hydrogen-bond acceptors (Lipinski definition) is 4. The van der Waals surface area contributed by atoms with Crippen molar-refractivity contribution >= 4 is 42.5 Å². The summed E-state index contributed by atoms with van der Waals surface area (Å²) in [7, 11) is -0.533. The maximum atomic E-state index is 12.7. The number of benzene rings is 1. The summed E-state index contributed by atoms with van der Waals surface area (Å²) in [6.45, 7) is 9.38. The predicted octanol–water partition coefficient (Wildman–Crippen LogP) is 2.62. The number of carbonyl (C=O) groups excluding carboxylic acids is 1. The first kappa shape index (κ1) is 21.5. The summed E-state index contributed by atoms with van der Waals surface area (Å²) in [6, 6.07) is 5.52. The highest BCUT2D eigenvalue weighted by molar-refractivity contribution is 6.65. The van der Waals surface area contributed by atoms with E-state index in [1.807, 2.05) is 38.7 Å².